The molecular formula is C14H10BrCl2F. The molecule has 18 heavy (non-hydrogen) atoms. The van der Waals surface area contributed by atoms with Gasteiger partial charge in [0.2, 0.25) is 0 Å². The van der Waals surface area contributed by atoms with Gasteiger partial charge in [-0.05, 0) is 47.9 Å². The second-order valence-corrected chi connectivity index (χ2v) is 5.76. The number of alkyl halides is 1. The third-order valence-corrected chi connectivity index (χ3v) is 4.15. The third kappa shape index (κ3) is 2.87. The van der Waals surface area contributed by atoms with Crippen LogP contribution in [0.2, 0.25) is 5.02 Å². The summed E-state index contributed by atoms with van der Waals surface area (Å²) in [5, 5.41) is 0.259. The van der Waals surface area contributed by atoms with Crippen molar-refractivity contribution in [3.05, 3.63) is 68.4 Å². The number of hydrogen-bond acceptors (Lipinski definition) is 0. The summed E-state index contributed by atoms with van der Waals surface area (Å²) >= 11 is 15.8. The first-order valence-electron chi connectivity index (χ1n) is 5.34. The van der Waals surface area contributed by atoms with E-state index < -0.39 is 0 Å². The Balaban J connectivity index is 2.44. The molecule has 94 valence electrons. The molecule has 0 bridgehead atoms. The molecule has 0 aliphatic heterocycles. The zero-order chi connectivity index (χ0) is 13.3. The van der Waals surface area contributed by atoms with E-state index in [1.165, 1.54) is 6.07 Å². The Kier molecular flexibility index (Phi) is 4.31. The van der Waals surface area contributed by atoms with Crippen LogP contribution >= 0.6 is 39.1 Å². The number of rotatable bonds is 2. The first-order valence-corrected chi connectivity index (χ1v) is 6.95. The summed E-state index contributed by atoms with van der Waals surface area (Å²) in [6.07, 6.45) is 0. The molecule has 1 atom stereocenters. The fourth-order valence-electron chi connectivity index (χ4n) is 1.71. The molecule has 0 amide bonds. The lowest BCUT2D eigenvalue weighted by Gasteiger charge is -2.13. The first kappa shape index (κ1) is 13.9. The summed E-state index contributed by atoms with van der Waals surface area (Å²) < 4.78 is 14.1. The van der Waals surface area contributed by atoms with Crippen molar-refractivity contribution in [3.8, 4) is 0 Å². The molecule has 2 rings (SSSR count). The van der Waals surface area contributed by atoms with Crippen LogP contribution in [0.5, 0.6) is 0 Å². The standard InChI is InChI=1S/C14H10BrCl2F/c1-8-6-9(2-5-13(8)18)14(17)11-7-10(16)3-4-12(11)15/h2-7,14H,1H3. The van der Waals surface area contributed by atoms with Crippen LogP contribution in [0.4, 0.5) is 4.39 Å². The van der Waals surface area contributed by atoms with E-state index in [0.29, 0.717) is 10.6 Å². The van der Waals surface area contributed by atoms with Gasteiger partial charge in [-0.3, -0.25) is 0 Å². The third-order valence-electron chi connectivity index (χ3n) is 2.71. The molecule has 0 spiro atoms. The second kappa shape index (κ2) is 5.60. The largest absolute Gasteiger partial charge is 0.207 e. The fraction of sp³-hybridized carbons (Fsp3) is 0.143. The lowest BCUT2D eigenvalue weighted by Crippen LogP contribution is -1.96. The maximum Gasteiger partial charge on any atom is 0.126 e. The Morgan fingerprint density at radius 1 is 1.17 bits per heavy atom. The van der Waals surface area contributed by atoms with Crippen molar-refractivity contribution in [2.45, 2.75) is 12.3 Å². The molecule has 0 nitrogen and oxygen atoms in total. The first-order chi connectivity index (χ1) is 8.49. The Bertz CT molecular complexity index is 584. The van der Waals surface area contributed by atoms with Gasteiger partial charge in [-0.1, -0.05) is 39.7 Å². The van der Waals surface area contributed by atoms with E-state index >= 15 is 0 Å². The van der Waals surface area contributed by atoms with Crippen LogP contribution in [-0.2, 0) is 0 Å². The van der Waals surface area contributed by atoms with Crippen LogP contribution in [0.15, 0.2) is 40.9 Å². The second-order valence-electron chi connectivity index (χ2n) is 4.04. The lowest BCUT2D eigenvalue weighted by molar-refractivity contribution is 0.617. The molecule has 0 heterocycles. The summed E-state index contributed by atoms with van der Waals surface area (Å²) in [7, 11) is 0. The van der Waals surface area contributed by atoms with E-state index in [-0.39, 0.29) is 11.2 Å². The van der Waals surface area contributed by atoms with Crippen molar-refractivity contribution in [1.82, 2.24) is 0 Å². The normalized spacial score (nSPS) is 12.5. The quantitative estimate of drug-likeness (QED) is 0.595. The van der Waals surface area contributed by atoms with E-state index in [1.54, 1.807) is 25.1 Å². The molecule has 0 fully saturated rings. The highest BCUT2D eigenvalue weighted by Gasteiger charge is 2.15. The van der Waals surface area contributed by atoms with Gasteiger partial charge in [0.1, 0.15) is 5.82 Å². The number of hydrogen-bond donors (Lipinski definition) is 0. The van der Waals surface area contributed by atoms with Gasteiger partial charge in [-0.15, -0.1) is 11.6 Å². The summed E-state index contributed by atoms with van der Waals surface area (Å²) in [5.74, 6) is -0.229. The zero-order valence-corrected chi connectivity index (χ0v) is 12.7. The smallest absolute Gasteiger partial charge is 0.126 e. The van der Waals surface area contributed by atoms with Gasteiger partial charge in [0.25, 0.3) is 0 Å². The van der Waals surface area contributed by atoms with Gasteiger partial charge >= 0.3 is 0 Å². The van der Waals surface area contributed by atoms with Crippen molar-refractivity contribution in [3.63, 3.8) is 0 Å². The SMILES string of the molecule is Cc1cc(C(Cl)c2cc(Cl)ccc2Br)ccc1F. The van der Waals surface area contributed by atoms with Gasteiger partial charge in [-0.2, -0.15) is 0 Å². The average molecular weight is 348 g/mol. The van der Waals surface area contributed by atoms with E-state index in [2.05, 4.69) is 15.9 Å². The number of benzene rings is 2. The summed E-state index contributed by atoms with van der Waals surface area (Å²) in [5.41, 5.74) is 2.30. The molecule has 0 aliphatic rings. The molecule has 0 aliphatic carbocycles. The number of aryl methyl sites for hydroxylation is 1. The minimum Gasteiger partial charge on any atom is -0.207 e. The van der Waals surface area contributed by atoms with Crippen LogP contribution in [-0.4, -0.2) is 0 Å². The highest BCUT2D eigenvalue weighted by Crippen LogP contribution is 2.35. The summed E-state index contributed by atoms with van der Waals surface area (Å²) in [6, 6.07) is 10.3. The minimum absolute atomic E-state index is 0.229. The van der Waals surface area contributed by atoms with Crippen LogP contribution in [0.25, 0.3) is 0 Å². The van der Waals surface area contributed by atoms with Crippen LogP contribution in [0.1, 0.15) is 22.1 Å². The lowest BCUT2D eigenvalue weighted by atomic mass is 10.0. The predicted molar refractivity (Wildman–Crippen MR) is 78.0 cm³/mol. The van der Waals surface area contributed by atoms with Crippen molar-refractivity contribution in [2.75, 3.05) is 0 Å². The van der Waals surface area contributed by atoms with Crippen LogP contribution in [0, 0.1) is 12.7 Å². The molecule has 2 aromatic carbocycles. The Morgan fingerprint density at radius 2 is 1.89 bits per heavy atom. The number of halogens is 4. The summed E-state index contributed by atoms with van der Waals surface area (Å²) in [4.78, 5) is 0. The molecule has 0 N–H and O–H groups in total. The Hall–Kier alpha value is -0.570. The molecule has 0 aromatic heterocycles. The molecule has 2 aromatic rings. The van der Waals surface area contributed by atoms with Crippen LogP contribution < -0.4 is 0 Å². The molecule has 0 saturated carbocycles. The zero-order valence-electron chi connectivity index (χ0n) is 9.55. The highest BCUT2D eigenvalue weighted by atomic mass is 79.9. The predicted octanol–water partition coefficient (Wildman–Crippen LogP) is 5.88. The van der Waals surface area contributed by atoms with Gasteiger partial charge in [0.05, 0.1) is 5.38 Å². The average Bonchev–Trinajstić information content (AvgIpc) is 2.35. The molecule has 1 unspecified atom stereocenters. The van der Waals surface area contributed by atoms with E-state index in [9.17, 15) is 4.39 Å². The van der Waals surface area contributed by atoms with E-state index in [0.717, 1.165) is 15.6 Å². The topological polar surface area (TPSA) is 0 Å². The van der Waals surface area contributed by atoms with E-state index in [1.807, 2.05) is 12.1 Å². The summed E-state index contributed by atoms with van der Waals surface area (Å²) in [6.45, 7) is 1.72. The van der Waals surface area contributed by atoms with Crippen LogP contribution in [0.3, 0.4) is 0 Å². The van der Waals surface area contributed by atoms with Crippen molar-refractivity contribution < 1.29 is 4.39 Å². The fourth-order valence-corrected chi connectivity index (χ4v) is 2.82. The van der Waals surface area contributed by atoms with Gasteiger partial charge < -0.3 is 0 Å². The van der Waals surface area contributed by atoms with Gasteiger partial charge in [0, 0.05) is 9.50 Å². The monoisotopic (exact) mass is 346 g/mol. The maximum absolute atomic E-state index is 13.2. The Labute approximate surface area is 124 Å². The molecule has 0 radical (unpaired) electrons. The van der Waals surface area contributed by atoms with Crippen molar-refractivity contribution >= 4 is 39.1 Å². The van der Waals surface area contributed by atoms with Crippen molar-refractivity contribution in [1.29, 1.82) is 0 Å². The molecule has 0 saturated heterocycles. The highest BCUT2D eigenvalue weighted by molar-refractivity contribution is 9.10. The minimum atomic E-state index is -0.364. The van der Waals surface area contributed by atoms with Gasteiger partial charge in [0.15, 0.2) is 0 Å². The van der Waals surface area contributed by atoms with Gasteiger partial charge in [-0.25, -0.2) is 4.39 Å². The van der Waals surface area contributed by atoms with Crippen molar-refractivity contribution in [2.24, 2.45) is 0 Å². The Morgan fingerprint density at radius 3 is 2.56 bits per heavy atom. The molecular weight excluding hydrogens is 338 g/mol. The van der Waals surface area contributed by atoms with E-state index in [4.69, 9.17) is 23.2 Å². The maximum atomic E-state index is 13.2. The molecule has 4 heteroatoms.